The molecule has 0 bridgehead atoms. The molecule has 5 heteroatoms. The van der Waals surface area contributed by atoms with Crippen LogP contribution in [0.25, 0.3) is 16.7 Å². The van der Waals surface area contributed by atoms with Gasteiger partial charge in [0, 0.05) is 23.1 Å². The summed E-state index contributed by atoms with van der Waals surface area (Å²) in [4.78, 5) is 17.2. The summed E-state index contributed by atoms with van der Waals surface area (Å²) in [5.74, 6) is 0. The minimum absolute atomic E-state index is 0.110. The summed E-state index contributed by atoms with van der Waals surface area (Å²) in [5, 5.41) is 1.67. The van der Waals surface area contributed by atoms with Gasteiger partial charge < -0.3 is 0 Å². The van der Waals surface area contributed by atoms with Crippen LogP contribution in [0.3, 0.4) is 0 Å². The predicted molar refractivity (Wildman–Crippen MR) is 94.0 cm³/mol. The van der Waals surface area contributed by atoms with E-state index in [0.29, 0.717) is 21.1 Å². The van der Waals surface area contributed by atoms with Crippen molar-refractivity contribution in [2.24, 2.45) is 0 Å². The molecular weight excluding hydrogens is 331 g/mol. The number of rotatable bonds is 1. The zero-order valence-corrected chi connectivity index (χ0v) is 13.9. The zero-order valence-electron chi connectivity index (χ0n) is 12.4. The van der Waals surface area contributed by atoms with E-state index in [1.807, 2.05) is 18.2 Å². The van der Waals surface area contributed by atoms with Gasteiger partial charge in [-0.1, -0.05) is 23.2 Å². The van der Waals surface area contributed by atoms with Crippen molar-refractivity contribution in [3.8, 4) is 5.69 Å². The Bertz CT molecular complexity index is 979. The Morgan fingerprint density at radius 2 is 1.87 bits per heavy atom. The van der Waals surface area contributed by atoms with Crippen molar-refractivity contribution >= 4 is 34.2 Å². The van der Waals surface area contributed by atoms with Crippen LogP contribution in [0, 0.1) is 0 Å². The van der Waals surface area contributed by atoms with Crippen LogP contribution < -0.4 is 5.43 Å². The van der Waals surface area contributed by atoms with Gasteiger partial charge in [-0.2, -0.15) is 0 Å². The smallest absolute Gasteiger partial charge is 0.194 e. The van der Waals surface area contributed by atoms with Gasteiger partial charge in [0.1, 0.15) is 5.65 Å². The lowest BCUT2D eigenvalue weighted by molar-refractivity contribution is 0.651. The van der Waals surface area contributed by atoms with Crippen molar-refractivity contribution in [1.82, 2.24) is 9.55 Å². The summed E-state index contributed by atoms with van der Waals surface area (Å²) in [5.41, 5.74) is 3.63. The maximum absolute atomic E-state index is 12.8. The summed E-state index contributed by atoms with van der Waals surface area (Å²) in [6.07, 6.45) is 5.53. The molecule has 0 amide bonds. The third-order valence-electron chi connectivity index (χ3n) is 4.39. The Labute approximate surface area is 143 Å². The van der Waals surface area contributed by atoms with E-state index < -0.39 is 0 Å². The monoisotopic (exact) mass is 344 g/mol. The molecule has 3 aromatic rings. The minimum atomic E-state index is 0.110. The Kier molecular flexibility index (Phi) is 3.63. The second-order valence-corrected chi connectivity index (χ2v) is 6.58. The Morgan fingerprint density at radius 3 is 2.70 bits per heavy atom. The molecule has 0 fully saturated rings. The van der Waals surface area contributed by atoms with E-state index in [2.05, 4.69) is 9.55 Å². The normalized spacial score (nSPS) is 14.0. The third kappa shape index (κ3) is 2.35. The average Bonchev–Trinajstić information content (AvgIpc) is 2.58. The topological polar surface area (TPSA) is 34.9 Å². The summed E-state index contributed by atoms with van der Waals surface area (Å²) in [6, 6.07) is 9.17. The molecule has 4 rings (SSSR count). The molecule has 3 nitrogen and oxygen atoms in total. The van der Waals surface area contributed by atoms with E-state index in [-0.39, 0.29) is 5.43 Å². The van der Waals surface area contributed by atoms with Gasteiger partial charge in [-0.15, -0.1) is 0 Å². The molecule has 2 heterocycles. The third-order valence-corrected chi connectivity index (χ3v) is 5.13. The second-order valence-electron chi connectivity index (χ2n) is 5.77. The number of hydrogen-bond donors (Lipinski definition) is 0. The molecule has 1 aliphatic carbocycles. The molecule has 0 spiro atoms. The van der Waals surface area contributed by atoms with Gasteiger partial charge >= 0.3 is 0 Å². The average molecular weight is 345 g/mol. The summed E-state index contributed by atoms with van der Waals surface area (Å²) in [6.45, 7) is 0. The van der Waals surface area contributed by atoms with Gasteiger partial charge in [0.15, 0.2) is 5.43 Å². The molecule has 23 heavy (non-hydrogen) atoms. The molecule has 0 unspecified atom stereocenters. The Balaban J connectivity index is 2.14. The molecule has 0 aliphatic heterocycles. The number of benzene rings is 1. The molecule has 0 N–H and O–H groups in total. The van der Waals surface area contributed by atoms with Crippen LogP contribution >= 0.6 is 23.2 Å². The largest absolute Gasteiger partial charge is 0.298 e. The van der Waals surface area contributed by atoms with Crippen LogP contribution in [0.2, 0.25) is 10.0 Å². The van der Waals surface area contributed by atoms with Crippen LogP contribution in [0.15, 0.2) is 41.3 Å². The standard InChI is InChI=1S/C18H14Cl2N2O/c19-14-8-7-11(10-15(14)20)22-16-6-2-1-4-12(16)17(23)13-5-3-9-21-18(13)22/h3,5,7-10H,1-2,4,6H2. The van der Waals surface area contributed by atoms with Gasteiger partial charge in [-0.25, -0.2) is 4.98 Å². The molecule has 0 saturated carbocycles. The molecule has 0 saturated heterocycles. The molecular formula is C18H14Cl2N2O. The molecule has 0 atom stereocenters. The van der Waals surface area contributed by atoms with Gasteiger partial charge in [-0.3, -0.25) is 9.36 Å². The number of nitrogens with zero attached hydrogens (tertiary/aromatic N) is 2. The van der Waals surface area contributed by atoms with Crippen LogP contribution in [-0.4, -0.2) is 9.55 Å². The minimum Gasteiger partial charge on any atom is -0.298 e. The first kappa shape index (κ1) is 14.7. The number of hydrogen-bond acceptors (Lipinski definition) is 2. The predicted octanol–water partition coefficient (Wildman–Crippen LogP) is 4.57. The highest BCUT2D eigenvalue weighted by atomic mass is 35.5. The lowest BCUT2D eigenvalue weighted by atomic mass is 9.94. The van der Waals surface area contributed by atoms with Gasteiger partial charge in [-0.05, 0) is 56.0 Å². The Morgan fingerprint density at radius 1 is 1.04 bits per heavy atom. The van der Waals surface area contributed by atoms with Crippen molar-refractivity contribution < 1.29 is 0 Å². The van der Waals surface area contributed by atoms with E-state index in [4.69, 9.17) is 23.2 Å². The van der Waals surface area contributed by atoms with E-state index >= 15 is 0 Å². The number of aromatic nitrogens is 2. The number of pyridine rings is 2. The van der Waals surface area contributed by atoms with Crippen molar-refractivity contribution in [3.05, 3.63) is 68.1 Å². The summed E-state index contributed by atoms with van der Waals surface area (Å²) in [7, 11) is 0. The van der Waals surface area contributed by atoms with E-state index in [0.717, 1.165) is 42.6 Å². The van der Waals surface area contributed by atoms with Crippen molar-refractivity contribution in [2.45, 2.75) is 25.7 Å². The van der Waals surface area contributed by atoms with Gasteiger partial charge in [0.25, 0.3) is 0 Å². The Hall–Kier alpha value is -1.84. The summed E-state index contributed by atoms with van der Waals surface area (Å²) >= 11 is 12.3. The SMILES string of the molecule is O=c1c2c(n(-c3ccc(Cl)c(Cl)c3)c3ncccc13)CCCC2. The van der Waals surface area contributed by atoms with Gasteiger partial charge in [0.2, 0.25) is 0 Å². The quantitative estimate of drug-likeness (QED) is 0.647. The van der Waals surface area contributed by atoms with Crippen molar-refractivity contribution in [3.63, 3.8) is 0 Å². The van der Waals surface area contributed by atoms with Crippen LogP contribution in [0.1, 0.15) is 24.1 Å². The van der Waals surface area contributed by atoms with Crippen LogP contribution in [0.5, 0.6) is 0 Å². The molecule has 2 aromatic heterocycles. The summed E-state index contributed by atoms with van der Waals surface area (Å²) < 4.78 is 2.06. The van der Waals surface area contributed by atoms with Crippen LogP contribution in [0.4, 0.5) is 0 Å². The molecule has 1 aliphatic rings. The number of halogens is 2. The van der Waals surface area contributed by atoms with Gasteiger partial charge in [0.05, 0.1) is 15.4 Å². The first-order valence-electron chi connectivity index (χ1n) is 7.64. The highest BCUT2D eigenvalue weighted by molar-refractivity contribution is 6.42. The fourth-order valence-corrected chi connectivity index (χ4v) is 3.62. The maximum atomic E-state index is 12.8. The second kappa shape index (κ2) is 5.66. The lowest BCUT2D eigenvalue weighted by Gasteiger charge is -2.23. The van der Waals surface area contributed by atoms with E-state index in [9.17, 15) is 4.79 Å². The van der Waals surface area contributed by atoms with E-state index in [1.54, 1.807) is 18.3 Å². The molecule has 0 radical (unpaired) electrons. The van der Waals surface area contributed by atoms with E-state index in [1.165, 1.54) is 0 Å². The fraction of sp³-hybridized carbons (Fsp3) is 0.222. The molecule has 116 valence electrons. The van der Waals surface area contributed by atoms with Crippen LogP contribution in [-0.2, 0) is 12.8 Å². The highest BCUT2D eigenvalue weighted by Gasteiger charge is 2.21. The van der Waals surface area contributed by atoms with Crippen molar-refractivity contribution in [2.75, 3.05) is 0 Å². The first-order valence-corrected chi connectivity index (χ1v) is 8.39. The zero-order chi connectivity index (χ0) is 16.0. The highest BCUT2D eigenvalue weighted by Crippen LogP contribution is 2.29. The fourth-order valence-electron chi connectivity index (χ4n) is 3.33. The van der Waals surface area contributed by atoms with Crippen molar-refractivity contribution in [1.29, 1.82) is 0 Å². The number of fused-ring (bicyclic) bond motifs is 2. The first-order chi connectivity index (χ1) is 11.2. The molecule has 1 aromatic carbocycles. The lowest BCUT2D eigenvalue weighted by Crippen LogP contribution is -2.23. The maximum Gasteiger partial charge on any atom is 0.194 e.